The van der Waals surface area contributed by atoms with Crippen LogP contribution in [0, 0.1) is 56.7 Å². The van der Waals surface area contributed by atoms with Crippen LogP contribution in [0.15, 0.2) is 352 Å². The van der Waals surface area contributed by atoms with Crippen LogP contribution in [-0.2, 0) is 27.1 Å². The molecule has 18 aromatic rings. The average molecular weight is 1600 g/mol. The highest BCUT2D eigenvalue weighted by Crippen LogP contribution is 2.46. The molecule has 0 amide bonds. The van der Waals surface area contributed by atoms with Crippen molar-refractivity contribution in [1.29, 1.82) is 26.3 Å². The molecule has 0 radical (unpaired) electrons. The molecule has 18 rings (SSSR count). The summed E-state index contributed by atoms with van der Waals surface area (Å²) in [6, 6.07) is 133. The van der Waals surface area contributed by atoms with Gasteiger partial charge in [-0.25, -0.2) is 0 Å². The first-order valence-electron chi connectivity index (χ1n) is 42.6. The molecule has 0 aliphatic rings. The lowest BCUT2D eigenvalue weighted by Crippen LogP contribution is -2.13. The summed E-state index contributed by atoms with van der Waals surface area (Å²) in [4.78, 5) is 0. The normalized spacial score (nSPS) is 11.5. The summed E-state index contributed by atoms with van der Waals surface area (Å²) in [6.45, 7) is 33.9. The second kappa shape index (κ2) is 35.9. The van der Waals surface area contributed by atoms with Crippen molar-refractivity contribution in [2.24, 2.45) is 0 Å². The Balaban J connectivity index is 0.000000127. The second-order valence-corrected chi connectivity index (χ2v) is 37.2. The molecule has 5 nitrogen and oxygen atoms in total. The van der Waals surface area contributed by atoms with Crippen LogP contribution in [0.3, 0.4) is 0 Å². The largest absolute Gasteiger partial charge is 0.192 e. The Labute approximate surface area is 732 Å². The van der Waals surface area contributed by atoms with Gasteiger partial charge in [0.1, 0.15) is 0 Å². The molecular formula is C119H103N5. The van der Waals surface area contributed by atoms with Gasteiger partial charge in [0.05, 0.1) is 58.2 Å². The third-order valence-electron chi connectivity index (χ3n) is 23.4. The second-order valence-electron chi connectivity index (χ2n) is 37.2. The third-order valence-corrected chi connectivity index (χ3v) is 23.4. The van der Waals surface area contributed by atoms with Crippen LogP contribution in [0.4, 0.5) is 0 Å². The molecular weight excluding hydrogens is 1500 g/mol. The molecule has 124 heavy (non-hydrogen) atoms. The van der Waals surface area contributed by atoms with Gasteiger partial charge in [0.2, 0.25) is 0 Å². The van der Waals surface area contributed by atoms with Gasteiger partial charge >= 0.3 is 0 Å². The molecule has 604 valence electrons. The summed E-state index contributed by atoms with van der Waals surface area (Å²) in [5.74, 6) is 0. The van der Waals surface area contributed by atoms with Gasteiger partial charge in [-0.1, -0.05) is 383 Å². The molecule has 0 aliphatic heterocycles. The summed E-state index contributed by atoms with van der Waals surface area (Å²) < 4.78 is 0. The van der Waals surface area contributed by atoms with Crippen LogP contribution in [0.5, 0.6) is 0 Å². The molecule has 0 aromatic heterocycles. The lowest BCUT2D eigenvalue weighted by molar-refractivity contribution is 0.591. The van der Waals surface area contributed by atoms with E-state index in [4.69, 9.17) is 26.3 Å². The fourth-order valence-electron chi connectivity index (χ4n) is 17.2. The maximum Gasteiger partial charge on any atom is 0.0991 e. The van der Waals surface area contributed by atoms with Gasteiger partial charge in [0, 0.05) is 0 Å². The number of nitrogens with zero attached hydrogens (tertiary/aromatic N) is 5. The van der Waals surface area contributed by atoms with Crippen LogP contribution < -0.4 is 0 Å². The predicted octanol–water partition coefficient (Wildman–Crippen LogP) is 32.4. The average Bonchev–Trinajstić information content (AvgIpc) is 0.594. The van der Waals surface area contributed by atoms with Crippen molar-refractivity contribution in [2.75, 3.05) is 0 Å². The number of nitriles is 5. The van der Waals surface area contributed by atoms with Gasteiger partial charge in [-0.2, -0.15) is 26.3 Å². The van der Waals surface area contributed by atoms with Gasteiger partial charge in [0.25, 0.3) is 0 Å². The topological polar surface area (TPSA) is 119 Å². The van der Waals surface area contributed by atoms with Crippen LogP contribution in [0.1, 0.15) is 159 Å². The number of benzene rings is 18. The molecule has 0 heterocycles. The standard InChI is InChI=1S/C27H23N.2C25H21N.2C21H19N/c1-27(2,3)26-17-16-23(24-6-4-5-7-25(24)26)22-14-12-21(13-15-22)20-10-8-19(18-28)9-11-20;1-25(2,3)24-21-10-6-4-8-19(21)23(20-9-5-7-11-22(20)24)18-14-12-17(16-26)13-15-18;1-25(2,3)24-21-8-5-4-7-19(21)15-23-20(9-6-10-22(23)24)18-13-11-17(16-26)12-14-18;1-21(2,3)20-11-10-18-12-17(8-9-19(18)13-20)16-6-4-15(14-22)5-7-16;1-21(2,3)20-13-12-17(18-6-4-5-7-19(18)20)16-10-8-15(14-22)9-11-16/h4-17H,1-3H3;2*4-15H,1-3H3;2*4-13H,1-3H3. The van der Waals surface area contributed by atoms with Gasteiger partial charge in [-0.3, -0.25) is 0 Å². The van der Waals surface area contributed by atoms with E-state index in [1.54, 1.807) is 0 Å². The minimum atomic E-state index is 0.0441. The zero-order chi connectivity index (χ0) is 87.8. The van der Waals surface area contributed by atoms with E-state index in [1.165, 1.54) is 137 Å². The Bertz CT molecular complexity index is 7130. The highest BCUT2D eigenvalue weighted by molar-refractivity contribution is 6.16. The minimum Gasteiger partial charge on any atom is -0.192 e. The zero-order valence-corrected chi connectivity index (χ0v) is 73.7. The molecule has 0 N–H and O–H groups in total. The first kappa shape index (κ1) is 85.6. The van der Waals surface area contributed by atoms with Crippen molar-refractivity contribution in [3.8, 4) is 97.1 Å². The first-order chi connectivity index (χ1) is 59.4. The minimum absolute atomic E-state index is 0.0441. The lowest BCUT2D eigenvalue weighted by Gasteiger charge is -2.26. The number of hydrogen-bond acceptors (Lipinski definition) is 5. The van der Waals surface area contributed by atoms with E-state index in [9.17, 15) is 0 Å². The van der Waals surface area contributed by atoms with Crippen LogP contribution in [0.2, 0.25) is 0 Å². The molecule has 0 saturated carbocycles. The monoisotopic (exact) mass is 1600 g/mol. The molecule has 0 saturated heterocycles. The fourth-order valence-corrected chi connectivity index (χ4v) is 17.2. The number of hydrogen-bond donors (Lipinski definition) is 0. The summed E-state index contributed by atoms with van der Waals surface area (Å²) in [7, 11) is 0. The van der Waals surface area contributed by atoms with Crippen LogP contribution in [-0.4, -0.2) is 0 Å². The fraction of sp³-hybridized carbons (Fsp3) is 0.168. The molecule has 0 aliphatic carbocycles. The van der Waals surface area contributed by atoms with Gasteiger partial charge < -0.3 is 0 Å². The lowest BCUT2D eigenvalue weighted by atomic mass is 9.78. The molecule has 0 spiro atoms. The molecule has 0 atom stereocenters. The van der Waals surface area contributed by atoms with Crippen LogP contribution in [0.25, 0.3) is 142 Å². The first-order valence-corrected chi connectivity index (χ1v) is 42.6. The van der Waals surface area contributed by atoms with Gasteiger partial charge in [-0.05, 0) is 270 Å². The van der Waals surface area contributed by atoms with Crippen molar-refractivity contribution in [3.05, 3.63) is 407 Å². The third kappa shape index (κ3) is 18.7. The summed E-state index contributed by atoms with van der Waals surface area (Å²) in [6.07, 6.45) is 0. The Morgan fingerprint density at radius 1 is 0.177 bits per heavy atom. The highest BCUT2D eigenvalue weighted by atomic mass is 14.3. The van der Waals surface area contributed by atoms with Crippen molar-refractivity contribution >= 4 is 75.4 Å². The SMILES string of the molecule is CC(C)(C)c1c2ccccc2c(-c2ccc(C#N)cc2)c2ccccc12.CC(C)(C)c1c2ccccc2cc2c(-c3ccc(C#N)cc3)cccc12.CC(C)(C)c1ccc(-c2ccc(-c3ccc(C#N)cc3)cc2)c2ccccc12.CC(C)(C)c1ccc(-c2ccc(C#N)cc2)c2ccccc12.CC(C)(C)c1ccc2cc(-c3ccc(C#N)cc3)ccc2c1. The van der Waals surface area contributed by atoms with Crippen molar-refractivity contribution in [1.82, 2.24) is 0 Å². The molecule has 0 bridgehead atoms. The molecule has 0 unspecified atom stereocenters. The van der Waals surface area contributed by atoms with Crippen molar-refractivity contribution < 1.29 is 0 Å². The number of fused-ring (bicyclic) bond motifs is 7. The quantitative estimate of drug-likeness (QED) is 0.154. The van der Waals surface area contributed by atoms with Crippen molar-refractivity contribution in [2.45, 2.75) is 131 Å². The van der Waals surface area contributed by atoms with E-state index in [2.05, 4.69) is 377 Å². The Morgan fingerprint density at radius 2 is 0.468 bits per heavy atom. The molecule has 5 heteroatoms. The van der Waals surface area contributed by atoms with Crippen LogP contribution >= 0.6 is 0 Å². The van der Waals surface area contributed by atoms with Gasteiger partial charge in [-0.15, -0.1) is 0 Å². The van der Waals surface area contributed by atoms with E-state index >= 15 is 0 Å². The maximum absolute atomic E-state index is 9.12. The maximum atomic E-state index is 9.12. The van der Waals surface area contributed by atoms with E-state index in [-0.39, 0.29) is 27.1 Å². The van der Waals surface area contributed by atoms with Crippen molar-refractivity contribution in [3.63, 3.8) is 0 Å². The Kier molecular flexibility index (Phi) is 24.8. The summed E-state index contributed by atoms with van der Waals surface area (Å²) in [5, 5.41) is 63.0. The Morgan fingerprint density at radius 3 is 0.863 bits per heavy atom. The predicted molar refractivity (Wildman–Crippen MR) is 524 cm³/mol. The van der Waals surface area contributed by atoms with E-state index < -0.39 is 0 Å². The Hall–Kier alpha value is -14.8. The highest BCUT2D eigenvalue weighted by Gasteiger charge is 2.26. The van der Waals surface area contributed by atoms with E-state index in [0.717, 1.165) is 33.4 Å². The van der Waals surface area contributed by atoms with Gasteiger partial charge in [0.15, 0.2) is 0 Å². The van der Waals surface area contributed by atoms with E-state index in [0.29, 0.717) is 27.8 Å². The smallest absolute Gasteiger partial charge is 0.0991 e. The zero-order valence-electron chi connectivity index (χ0n) is 73.7. The molecule has 0 fully saturated rings. The molecule has 18 aromatic carbocycles. The summed E-state index contributed by atoms with van der Waals surface area (Å²) in [5.41, 5.74) is 25.0. The number of rotatable bonds is 6. The van der Waals surface area contributed by atoms with E-state index in [1.807, 2.05) is 109 Å². The summed E-state index contributed by atoms with van der Waals surface area (Å²) >= 11 is 0.